The lowest BCUT2D eigenvalue weighted by Crippen LogP contribution is -2.33. The molecule has 4 rings (SSSR count). The predicted octanol–water partition coefficient (Wildman–Crippen LogP) is 4.61. The fraction of sp³-hybridized carbons (Fsp3) is 0.435. The molecular formula is C23H27N3O2S2. The van der Waals surface area contributed by atoms with Gasteiger partial charge in [-0.2, -0.15) is 0 Å². The zero-order chi connectivity index (χ0) is 21.1. The van der Waals surface area contributed by atoms with Crippen molar-refractivity contribution in [3.8, 4) is 0 Å². The molecule has 30 heavy (non-hydrogen) atoms. The highest BCUT2D eigenvalue weighted by molar-refractivity contribution is 7.99. The van der Waals surface area contributed by atoms with E-state index >= 15 is 0 Å². The van der Waals surface area contributed by atoms with Crippen molar-refractivity contribution in [2.45, 2.75) is 51.3 Å². The third kappa shape index (κ3) is 4.62. The van der Waals surface area contributed by atoms with Gasteiger partial charge in [-0.15, -0.1) is 23.1 Å². The number of nitrogens with zero attached hydrogens (tertiary/aromatic N) is 1. The van der Waals surface area contributed by atoms with Crippen LogP contribution in [0.4, 0.5) is 0 Å². The summed E-state index contributed by atoms with van der Waals surface area (Å²) in [4.78, 5) is 34.9. The van der Waals surface area contributed by atoms with Gasteiger partial charge >= 0.3 is 0 Å². The number of aromatic nitrogens is 2. The fourth-order valence-corrected chi connectivity index (χ4v) is 6.01. The minimum absolute atomic E-state index is 0.00225. The summed E-state index contributed by atoms with van der Waals surface area (Å²) >= 11 is 3.13. The molecule has 0 spiro atoms. The standard InChI is InChI=1S/C23H27N3O2S2/c1-14(2)21(15-8-4-3-5-9-15)26-19(27)13-29-12-18-24-22(28)20-16-10-6-7-11-17(16)30-23(20)25-18/h3-5,8-9,14,21H,6-7,10-13H2,1-2H3,(H,26,27)(H,24,25,28). The number of hydrogen-bond donors (Lipinski definition) is 2. The molecule has 1 aliphatic rings. The molecule has 2 aromatic heterocycles. The Morgan fingerprint density at radius 3 is 2.77 bits per heavy atom. The van der Waals surface area contributed by atoms with Crippen molar-refractivity contribution in [3.63, 3.8) is 0 Å². The van der Waals surface area contributed by atoms with Crippen molar-refractivity contribution in [1.29, 1.82) is 0 Å². The number of thiophene rings is 1. The molecule has 0 bridgehead atoms. The van der Waals surface area contributed by atoms with Gasteiger partial charge in [-0.1, -0.05) is 44.2 Å². The van der Waals surface area contributed by atoms with Crippen LogP contribution in [0.3, 0.4) is 0 Å². The van der Waals surface area contributed by atoms with E-state index in [9.17, 15) is 9.59 Å². The summed E-state index contributed by atoms with van der Waals surface area (Å²) in [5.74, 6) is 1.79. The number of benzene rings is 1. The zero-order valence-corrected chi connectivity index (χ0v) is 19.0. The molecule has 3 aromatic rings. The highest BCUT2D eigenvalue weighted by atomic mass is 32.2. The van der Waals surface area contributed by atoms with Gasteiger partial charge in [0.25, 0.3) is 5.56 Å². The average molecular weight is 442 g/mol. The number of carbonyl (C=O) groups excluding carboxylic acids is 1. The molecule has 0 aliphatic heterocycles. The van der Waals surface area contributed by atoms with Crippen molar-refractivity contribution in [3.05, 3.63) is 62.5 Å². The maximum absolute atomic E-state index is 12.6. The molecule has 1 aromatic carbocycles. The Labute approximate surface area is 184 Å². The van der Waals surface area contributed by atoms with E-state index in [4.69, 9.17) is 0 Å². The highest BCUT2D eigenvalue weighted by Gasteiger charge is 2.20. The molecule has 2 heterocycles. The van der Waals surface area contributed by atoms with Crippen LogP contribution in [0, 0.1) is 5.92 Å². The van der Waals surface area contributed by atoms with E-state index in [-0.39, 0.29) is 17.5 Å². The van der Waals surface area contributed by atoms with E-state index in [1.54, 1.807) is 11.3 Å². The minimum Gasteiger partial charge on any atom is -0.348 e. The van der Waals surface area contributed by atoms with Crippen molar-refractivity contribution in [1.82, 2.24) is 15.3 Å². The SMILES string of the molecule is CC(C)C(NC(=O)CSCc1nc2sc3c(c2c(=O)[nH]1)CCCC3)c1ccccc1. The van der Waals surface area contributed by atoms with Gasteiger partial charge in [0.05, 0.1) is 22.9 Å². The summed E-state index contributed by atoms with van der Waals surface area (Å²) < 4.78 is 0. The number of hydrogen-bond acceptors (Lipinski definition) is 5. The normalized spacial score (nSPS) is 14.6. The van der Waals surface area contributed by atoms with Crippen LogP contribution in [0.5, 0.6) is 0 Å². The maximum Gasteiger partial charge on any atom is 0.259 e. The van der Waals surface area contributed by atoms with Crippen LogP contribution in [-0.2, 0) is 23.4 Å². The first-order valence-electron chi connectivity index (χ1n) is 10.5. The summed E-state index contributed by atoms with van der Waals surface area (Å²) in [5, 5.41) is 3.92. The molecule has 1 unspecified atom stereocenters. The molecule has 7 heteroatoms. The Morgan fingerprint density at radius 1 is 1.23 bits per heavy atom. The Balaban J connectivity index is 1.38. The number of thioether (sulfide) groups is 1. The van der Waals surface area contributed by atoms with E-state index in [1.165, 1.54) is 28.6 Å². The van der Waals surface area contributed by atoms with Gasteiger partial charge < -0.3 is 10.3 Å². The van der Waals surface area contributed by atoms with Crippen LogP contribution in [-0.4, -0.2) is 21.6 Å². The van der Waals surface area contributed by atoms with Gasteiger partial charge in [0.15, 0.2) is 0 Å². The molecule has 5 nitrogen and oxygen atoms in total. The molecule has 1 aliphatic carbocycles. The molecule has 0 saturated heterocycles. The summed E-state index contributed by atoms with van der Waals surface area (Å²) in [6.07, 6.45) is 4.37. The van der Waals surface area contributed by atoms with Crippen LogP contribution in [0.1, 0.15) is 54.6 Å². The van der Waals surface area contributed by atoms with Crippen molar-refractivity contribution in [2.24, 2.45) is 5.92 Å². The number of amides is 1. The average Bonchev–Trinajstić information content (AvgIpc) is 3.11. The quantitative estimate of drug-likeness (QED) is 0.561. The summed E-state index contributed by atoms with van der Waals surface area (Å²) in [6, 6.07) is 10.0. The second kappa shape index (κ2) is 9.35. The third-order valence-electron chi connectivity index (χ3n) is 5.49. The molecule has 158 valence electrons. The first-order valence-corrected chi connectivity index (χ1v) is 12.5. The monoisotopic (exact) mass is 441 g/mol. The number of fused-ring (bicyclic) bond motifs is 3. The third-order valence-corrected chi connectivity index (χ3v) is 7.62. The summed E-state index contributed by atoms with van der Waals surface area (Å²) in [7, 11) is 0. The van der Waals surface area contributed by atoms with E-state index in [1.807, 2.05) is 30.3 Å². The molecular weight excluding hydrogens is 414 g/mol. The first kappa shape index (κ1) is 21.1. The summed E-state index contributed by atoms with van der Waals surface area (Å²) in [6.45, 7) is 4.21. The zero-order valence-electron chi connectivity index (χ0n) is 17.4. The van der Waals surface area contributed by atoms with Crippen LogP contribution in [0.15, 0.2) is 35.1 Å². The topological polar surface area (TPSA) is 74.8 Å². The van der Waals surface area contributed by atoms with E-state index in [0.29, 0.717) is 23.2 Å². The van der Waals surface area contributed by atoms with Gasteiger partial charge in [-0.25, -0.2) is 4.98 Å². The number of aryl methyl sites for hydroxylation is 2. The van der Waals surface area contributed by atoms with Gasteiger partial charge in [-0.3, -0.25) is 9.59 Å². The van der Waals surface area contributed by atoms with Crippen molar-refractivity contribution < 1.29 is 4.79 Å². The Kier molecular flexibility index (Phi) is 6.58. The lowest BCUT2D eigenvalue weighted by atomic mass is 9.96. The van der Waals surface area contributed by atoms with Crippen LogP contribution in [0.2, 0.25) is 0 Å². The molecule has 0 saturated carbocycles. The minimum atomic E-state index is -0.0385. The second-order valence-electron chi connectivity index (χ2n) is 8.10. The van der Waals surface area contributed by atoms with Crippen LogP contribution in [0.25, 0.3) is 10.2 Å². The van der Waals surface area contributed by atoms with Crippen LogP contribution >= 0.6 is 23.1 Å². The van der Waals surface area contributed by atoms with Crippen molar-refractivity contribution in [2.75, 3.05) is 5.75 Å². The van der Waals surface area contributed by atoms with Crippen molar-refractivity contribution >= 4 is 39.2 Å². The van der Waals surface area contributed by atoms with E-state index in [2.05, 4.69) is 29.1 Å². The van der Waals surface area contributed by atoms with Crippen LogP contribution < -0.4 is 10.9 Å². The largest absolute Gasteiger partial charge is 0.348 e. The molecule has 2 N–H and O–H groups in total. The lowest BCUT2D eigenvalue weighted by Gasteiger charge is -2.22. The number of nitrogens with one attached hydrogen (secondary N) is 2. The van der Waals surface area contributed by atoms with Gasteiger partial charge in [-0.05, 0) is 42.7 Å². The molecule has 0 radical (unpaired) electrons. The Bertz CT molecular complexity index is 1090. The number of H-pyrrole nitrogens is 1. The van der Waals surface area contributed by atoms with E-state index in [0.717, 1.165) is 35.0 Å². The van der Waals surface area contributed by atoms with Gasteiger partial charge in [0.1, 0.15) is 10.7 Å². The number of rotatable bonds is 7. The van der Waals surface area contributed by atoms with E-state index < -0.39 is 0 Å². The second-order valence-corrected chi connectivity index (χ2v) is 10.2. The molecule has 1 atom stereocenters. The van der Waals surface area contributed by atoms with Gasteiger partial charge in [0.2, 0.25) is 5.91 Å². The highest BCUT2D eigenvalue weighted by Crippen LogP contribution is 2.33. The summed E-state index contributed by atoms with van der Waals surface area (Å²) in [5.41, 5.74) is 2.28. The first-order chi connectivity index (χ1) is 14.5. The molecule has 0 fully saturated rings. The Morgan fingerprint density at radius 2 is 2.00 bits per heavy atom. The predicted molar refractivity (Wildman–Crippen MR) is 125 cm³/mol. The fourth-order valence-electron chi connectivity index (χ4n) is 4.03. The molecule has 1 amide bonds. The smallest absolute Gasteiger partial charge is 0.259 e. The Hall–Kier alpha value is -2.12. The lowest BCUT2D eigenvalue weighted by molar-refractivity contribution is -0.119. The number of aromatic amines is 1. The van der Waals surface area contributed by atoms with Gasteiger partial charge in [0, 0.05) is 4.88 Å². The number of carbonyl (C=O) groups is 1. The maximum atomic E-state index is 12.6.